The van der Waals surface area contributed by atoms with Crippen molar-refractivity contribution in [1.29, 1.82) is 0 Å². The number of ether oxygens (including phenoxy) is 2. The van der Waals surface area contributed by atoms with Crippen molar-refractivity contribution in [3.63, 3.8) is 0 Å². The SMILES string of the molecule is CC1CC2CC(C)C(=C(c3ccc(OCCCCCCCCN4CCCCCC4)cc3)c3ccc(OCCCCCCCCN4CCCCCC4)cc3)C(C1)C2. The molecule has 4 heteroatoms. The van der Waals surface area contributed by atoms with Crippen LogP contribution in [0, 0.1) is 23.7 Å². The van der Waals surface area contributed by atoms with Gasteiger partial charge in [-0.3, -0.25) is 0 Å². The highest BCUT2D eigenvalue weighted by atomic mass is 16.5. The summed E-state index contributed by atoms with van der Waals surface area (Å²) in [6, 6.07) is 18.3. The van der Waals surface area contributed by atoms with Gasteiger partial charge in [0.1, 0.15) is 11.5 Å². The quantitative estimate of drug-likeness (QED) is 0.111. The lowest BCUT2D eigenvalue weighted by molar-refractivity contribution is 0.163. The lowest BCUT2D eigenvalue weighted by atomic mass is 9.61. The zero-order valence-corrected chi connectivity index (χ0v) is 36.3. The lowest BCUT2D eigenvalue weighted by Crippen LogP contribution is -2.32. The van der Waals surface area contributed by atoms with Crippen LogP contribution in [0.1, 0.15) is 179 Å². The van der Waals surface area contributed by atoms with Crippen LogP contribution in [0.25, 0.3) is 5.57 Å². The Morgan fingerprint density at radius 2 is 0.911 bits per heavy atom. The number of hydrogen-bond acceptors (Lipinski definition) is 4. The van der Waals surface area contributed by atoms with E-state index in [0.717, 1.165) is 49.4 Å². The molecular weight excluding hydrogens is 685 g/mol. The van der Waals surface area contributed by atoms with Gasteiger partial charge in [0, 0.05) is 0 Å². The highest BCUT2D eigenvalue weighted by molar-refractivity contribution is 5.83. The molecule has 4 fully saturated rings. The summed E-state index contributed by atoms with van der Waals surface area (Å²) in [7, 11) is 0. The number of likely N-dealkylation sites (tertiary alicyclic amines) is 2. The molecule has 0 aromatic heterocycles. The third kappa shape index (κ3) is 14.5. The van der Waals surface area contributed by atoms with Gasteiger partial charge in [-0.25, -0.2) is 0 Å². The maximum absolute atomic E-state index is 6.29. The first kappa shape index (κ1) is 43.3. The average Bonchev–Trinajstić information content (AvgIpc) is 3.64. The van der Waals surface area contributed by atoms with Gasteiger partial charge in [0.05, 0.1) is 13.2 Å². The summed E-state index contributed by atoms with van der Waals surface area (Å²) in [6.45, 7) is 14.6. The zero-order chi connectivity index (χ0) is 38.6. The van der Waals surface area contributed by atoms with Gasteiger partial charge < -0.3 is 19.3 Å². The molecule has 0 N–H and O–H groups in total. The Kier molecular flexibility index (Phi) is 19.0. The molecule has 312 valence electrons. The molecule has 2 aromatic carbocycles. The van der Waals surface area contributed by atoms with Crippen molar-refractivity contribution in [1.82, 2.24) is 9.80 Å². The molecule has 2 aromatic rings. The predicted octanol–water partition coefficient (Wildman–Crippen LogP) is 13.8. The second-order valence-corrected chi connectivity index (χ2v) is 18.8. The number of hydrogen-bond donors (Lipinski definition) is 0. The molecule has 0 amide bonds. The molecule has 4 aliphatic rings. The first-order valence-corrected chi connectivity index (χ1v) is 24.3. The minimum atomic E-state index is 0.622. The van der Waals surface area contributed by atoms with Crippen LogP contribution in [0.5, 0.6) is 11.5 Å². The van der Waals surface area contributed by atoms with Crippen LogP contribution in [0.4, 0.5) is 0 Å². The molecule has 2 aliphatic heterocycles. The summed E-state index contributed by atoms with van der Waals surface area (Å²) < 4.78 is 12.6. The van der Waals surface area contributed by atoms with Crippen molar-refractivity contribution in [3.05, 3.63) is 65.2 Å². The minimum absolute atomic E-state index is 0.622. The zero-order valence-electron chi connectivity index (χ0n) is 36.3. The van der Waals surface area contributed by atoms with Crippen LogP contribution in [-0.4, -0.2) is 62.3 Å². The van der Waals surface area contributed by atoms with Crippen LogP contribution < -0.4 is 9.47 Å². The molecule has 2 aliphatic carbocycles. The molecule has 0 spiro atoms. The smallest absolute Gasteiger partial charge is 0.119 e. The number of fused-ring (bicyclic) bond motifs is 2. The molecule has 4 unspecified atom stereocenters. The highest BCUT2D eigenvalue weighted by Gasteiger charge is 2.38. The van der Waals surface area contributed by atoms with Crippen LogP contribution in [0.3, 0.4) is 0 Å². The summed E-state index contributed by atoms with van der Waals surface area (Å²) in [6.07, 6.45) is 32.6. The fourth-order valence-corrected chi connectivity index (χ4v) is 11.0. The van der Waals surface area contributed by atoms with Gasteiger partial charge in [-0.1, -0.05) is 121 Å². The summed E-state index contributed by atoms with van der Waals surface area (Å²) in [4.78, 5) is 5.42. The van der Waals surface area contributed by atoms with E-state index in [9.17, 15) is 0 Å². The first-order chi connectivity index (χ1) is 27.6. The summed E-state index contributed by atoms with van der Waals surface area (Å²) in [5, 5.41) is 0. The van der Waals surface area contributed by atoms with Gasteiger partial charge in [-0.15, -0.1) is 0 Å². The first-order valence-electron chi connectivity index (χ1n) is 24.3. The second-order valence-electron chi connectivity index (χ2n) is 18.8. The van der Waals surface area contributed by atoms with Gasteiger partial charge in [0.15, 0.2) is 0 Å². The molecular formula is C52H82N2O2. The van der Waals surface area contributed by atoms with Gasteiger partial charge >= 0.3 is 0 Å². The van der Waals surface area contributed by atoms with Gasteiger partial charge in [-0.2, -0.15) is 0 Å². The standard InChI is InChI=1S/C52H82N2O2/c1-43-39-45-41-44(2)51(48(40-43)42-45)52(46-23-27-49(28-24-46)55-37-21-13-5-3-7-15-31-53-33-17-9-10-18-34-53)47-25-29-50(30-26-47)56-38-22-14-6-4-8-16-32-54-35-19-11-12-20-36-54/h23-30,43-45,48H,3-22,31-42H2,1-2H3. The summed E-state index contributed by atoms with van der Waals surface area (Å²) in [5.74, 6) is 5.05. The predicted molar refractivity (Wildman–Crippen MR) is 239 cm³/mol. The van der Waals surface area contributed by atoms with E-state index < -0.39 is 0 Å². The summed E-state index contributed by atoms with van der Waals surface area (Å²) in [5.41, 5.74) is 5.86. The molecule has 2 saturated carbocycles. The topological polar surface area (TPSA) is 24.9 Å². The van der Waals surface area contributed by atoms with E-state index in [1.807, 2.05) is 0 Å². The lowest BCUT2D eigenvalue weighted by Gasteiger charge is -2.44. The van der Waals surface area contributed by atoms with Gasteiger partial charge in [-0.05, 0) is 181 Å². The minimum Gasteiger partial charge on any atom is -0.494 e. The third-order valence-electron chi connectivity index (χ3n) is 13.9. The van der Waals surface area contributed by atoms with Crippen molar-refractivity contribution in [2.45, 2.75) is 168 Å². The second kappa shape index (κ2) is 24.6. The third-order valence-corrected chi connectivity index (χ3v) is 13.9. The highest BCUT2D eigenvalue weighted by Crippen LogP contribution is 2.51. The van der Waals surface area contributed by atoms with Crippen molar-refractivity contribution in [3.8, 4) is 11.5 Å². The molecule has 2 heterocycles. The van der Waals surface area contributed by atoms with Crippen molar-refractivity contribution >= 4 is 5.57 Å². The molecule has 2 saturated heterocycles. The number of allylic oxidation sites excluding steroid dienone is 1. The average molecular weight is 767 g/mol. The number of rotatable bonds is 22. The maximum Gasteiger partial charge on any atom is 0.119 e. The Hall–Kier alpha value is -2.30. The Bertz CT molecular complexity index is 1280. The van der Waals surface area contributed by atoms with Crippen LogP contribution >= 0.6 is 0 Å². The molecule has 2 bridgehead atoms. The Morgan fingerprint density at radius 3 is 1.38 bits per heavy atom. The molecule has 4 atom stereocenters. The van der Waals surface area contributed by atoms with Gasteiger partial charge in [0.2, 0.25) is 0 Å². The van der Waals surface area contributed by atoms with E-state index in [0.29, 0.717) is 11.8 Å². The fraction of sp³-hybridized carbons (Fsp3) is 0.731. The summed E-state index contributed by atoms with van der Waals surface area (Å²) >= 11 is 0. The van der Waals surface area contributed by atoms with Crippen molar-refractivity contribution < 1.29 is 9.47 Å². The van der Waals surface area contributed by atoms with Crippen LogP contribution in [0.15, 0.2) is 54.1 Å². The van der Waals surface area contributed by atoms with Gasteiger partial charge in [0.25, 0.3) is 0 Å². The maximum atomic E-state index is 6.29. The van der Waals surface area contributed by atoms with E-state index in [2.05, 4.69) is 72.2 Å². The van der Waals surface area contributed by atoms with E-state index in [1.165, 1.54) is 197 Å². The molecule has 6 rings (SSSR count). The Morgan fingerprint density at radius 1 is 0.482 bits per heavy atom. The number of unbranched alkanes of at least 4 members (excludes halogenated alkanes) is 10. The monoisotopic (exact) mass is 767 g/mol. The van der Waals surface area contributed by atoms with Crippen molar-refractivity contribution in [2.24, 2.45) is 23.7 Å². The molecule has 56 heavy (non-hydrogen) atoms. The van der Waals surface area contributed by atoms with E-state index in [-0.39, 0.29) is 0 Å². The van der Waals surface area contributed by atoms with Crippen LogP contribution in [-0.2, 0) is 0 Å². The normalized spacial score (nSPS) is 23.7. The van der Waals surface area contributed by atoms with Crippen molar-refractivity contribution in [2.75, 3.05) is 52.5 Å². The van der Waals surface area contributed by atoms with E-state index >= 15 is 0 Å². The molecule has 4 nitrogen and oxygen atoms in total. The largest absolute Gasteiger partial charge is 0.494 e. The number of benzene rings is 2. The number of nitrogens with zero attached hydrogens (tertiary/aromatic N) is 2. The molecule has 0 radical (unpaired) electrons. The Balaban J connectivity index is 0.950. The van der Waals surface area contributed by atoms with E-state index in [4.69, 9.17) is 9.47 Å². The van der Waals surface area contributed by atoms with Crippen LogP contribution in [0.2, 0.25) is 0 Å². The Labute approximate surface area is 344 Å². The van der Waals surface area contributed by atoms with E-state index in [1.54, 1.807) is 5.57 Å². The fourth-order valence-electron chi connectivity index (χ4n) is 11.0.